The Hall–Kier alpha value is -1.90. The molecule has 0 saturated heterocycles. The molecule has 21 heavy (non-hydrogen) atoms. The average Bonchev–Trinajstić information content (AvgIpc) is 2.41. The molecule has 0 aromatic heterocycles. The summed E-state index contributed by atoms with van der Waals surface area (Å²) in [7, 11) is 1.34. The van der Waals surface area contributed by atoms with E-state index in [1.807, 2.05) is 0 Å². The van der Waals surface area contributed by atoms with Gasteiger partial charge in [-0.25, -0.2) is 9.59 Å². The van der Waals surface area contributed by atoms with E-state index in [4.69, 9.17) is 5.11 Å². The molecule has 9 heteroatoms. The van der Waals surface area contributed by atoms with Crippen LogP contribution in [-0.2, 0) is 0 Å². The van der Waals surface area contributed by atoms with Crippen molar-refractivity contribution < 1.29 is 27.9 Å². The number of hydrogen-bond donors (Lipinski definition) is 2. The minimum absolute atomic E-state index is 0.0696. The second-order valence-corrected chi connectivity index (χ2v) is 5.07. The molecule has 0 aliphatic carbocycles. The lowest BCUT2D eigenvalue weighted by atomic mass is 10.1. The van der Waals surface area contributed by atoms with Gasteiger partial charge in [-0.05, 0) is 23.9 Å². The second-order valence-electron chi connectivity index (χ2n) is 3.91. The third-order valence-corrected chi connectivity index (χ3v) is 3.18. The summed E-state index contributed by atoms with van der Waals surface area (Å²) in [6.45, 7) is -0.178. The number of carbonyl (C=O) groups excluding carboxylic acids is 1. The van der Waals surface area contributed by atoms with Crippen LogP contribution in [0.5, 0.6) is 0 Å². The Labute approximate surface area is 123 Å². The van der Waals surface area contributed by atoms with Crippen LogP contribution in [0.4, 0.5) is 23.7 Å². The highest BCUT2D eigenvalue weighted by atomic mass is 32.2. The van der Waals surface area contributed by atoms with Gasteiger partial charge in [0.1, 0.15) is 0 Å². The number of carbonyl (C=O) groups is 2. The van der Waals surface area contributed by atoms with Crippen molar-refractivity contribution in [3.8, 4) is 0 Å². The predicted molar refractivity (Wildman–Crippen MR) is 73.7 cm³/mol. The number of nitrogens with zero attached hydrogens (tertiary/aromatic N) is 1. The number of rotatable bonds is 5. The minimum Gasteiger partial charge on any atom is -0.478 e. The molecule has 0 aliphatic heterocycles. The normalized spacial score (nSPS) is 11.0. The SMILES string of the molecule is CN(C(=O)NCCSC(F)(F)F)c1ccccc1C(=O)O. The zero-order chi connectivity index (χ0) is 16.0. The lowest BCUT2D eigenvalue weighted by Crippen LogP contribution is -2.39. The van der Waals surface area contributed by atoms with Gasteiger partial charge in [-0.2, -0.15) is 13.2 Å². The van der Waals surface area contributed by atoms with Crippen molar-refractivity contribution in [2.24, 2.45) is 0 Å². The highest BCUT2D eigenvalue weighted by Gasteiger charge is 2.27. The van der Waals surface area contributed by atoms with Crippen molar-refractivity contribution >= 4 is 29.4 Å². The fraction of sp³-hybridized carbons (Fsp3) is 0.333. The first-order chi connectivity index (χ1) is 9.72. The number of nitrogens with one attached hydrogen (secondary N) is 1. The van der Waals surface area contributed by atoms with Crippen LogP contribution in [0.3, 0.4) is 0 Å². The van der Waals surface area contributed by atoms with Gasteiger partial charge >= 0.3 is 17.5 Å². The van der Waals surface area contributed by atoms with Crippen molar-refractivity contribution in [3.05, 3.63) is 29.8 Å². The number of halogens is 3. The molecule has 5 nitrogen and oxygen atoms in total. The van der Waals surface area contributed by atoms with E-state index in [0.717, 1.165) is 4.90 Å². The van der Waals surface area contributed by atoms with Crippen molar-refractivity contribution in [3.63, 3.8) is 0 Å². The molecule has 0 atom stereocenters. The summed E-state index contributed by atoms with van der Waals surface area (Å²) >= 11 is -0.236. The number of amides is 2. The monoisotopic (exact) mass is 322 g/mol. The number of hydrogen-bond acceptors (Lipinski definition) is 3. The maximum atomic E-state index is 11.9. The topological polar surface area (TPSA) is 69.6 Å². The minimum atomic E-state index is -4.34. The van der Waals surface area contributed by atoms with Gasteiger partial charge in [0.05, 0.1) is 11.3 Å². The lowest BCUT2D eigenvalue weighted by Gasteiger charge is -2.19. The molecule has 1 aromatic carbocycles. The fourth-order valence-corrected chi connectivity index (χ4v) is 1.94. The van der Waals surface area contributed by atoms with E-state index >= 15 is 0 Å². The molecule has 0 aliphatic rings. The highest BCUT2D eigenvalue weighted by Crippen LogP contribution is 2.29. The summed E-state index contributed by atoms with van der Waals surface area (Å²) in [5.74, 6) is -1.51. The molecule has 0 heterocycles. The maximum absolute atomic E-state index is 11.9. The van der Waals surface area contributed by atoms with Crippen molar-refractivity contribution in [1.29, 1.82) is 0 Å². The summed E-state index contributed by atoms with van der Waals surface area (Å²) in [4.78, 5) is 23.9. The molecule has 1 rings (SSSR count). The quantitative estimate of drug-likeness (QED) is 0.818. The van der Waals surface area contributed by atoms with Crippen molar-refractivity contribution in [2.45, 2.75) is 5.51 Å². The van der Waals surface area contributed by atoms with Gasteiger partial charge in [-0.15, -0.1) is 0 Å². The second kappa shape index (κ2) is 7.21. The molecule has 0 unspecified atom stereocenters. The molecular formula is C12H13F3N2O3S. The Kier molecular flexibility index (Phi) is 5.89. The van der Waals surface area contributed by atoms with E-state index in [0.29, 0.717) is 0 Å². The number of thioether (sulfide) groups is 1. The Morgan fingerprint density at radius 2 is 1.95 bits per heavy atom. The van der Waals surface area contributed by atoms with E-state index < -0.39 is 17.5 Å². The van der Waals surface area contributed by atoms with Crippen molar-refractivity contribution in [2.75, 3.05) is 24.2 Å². The van der Waals surface area contributed by atoms with Gasteiger partial charge in [-0.1, -0.05) is 12.1 Å². The van der Waals surface area contributed by atoms with Crippen LogP contribution in [0, 0.1) is 0 Å². The van der Waals surface area contributed by atoms with Gasteiger partial charge in [0, 0.05) is 19.3 Å². The highest BCUT2D eigenvalue weighted by molar-refractivity contribution is 8.00. The van der Waals surface area contributed by atoms with Gasteiger partial charge in [-0.3, -0.25) is 4.90 Å². The van der Waals surface area contributed by atoms with Crippen LogP contribution < -0.4 is 10.2 Å². The summed E-state index contributed by atoms with van der Waals surface area (Å²) in [6, 6.07) is 5.17. The fourth-order valence-electron chi connectivity index (χ4n) is 1.50. The molecule has 2 amide bonds. The largest absolute Gasteiger partial charge is 0.478 e. The summed E-state index contributed by atoms with van der Waals surface area (Å²) in [5.41, 5.74) is -4.25. The smallest absolute Gasteiger partial charge is 0.441 e. The third kappa shape index (κ3) is 5.54. The van der Waals surface area contributed by atoms with Crippen molar-refractivity contribution in [1.82, 2.24) is 5.32 Å². The number of aromatic carboxylic acids is 1. The zero-order valence-electron chi connectivity index (χ0n) is 11.0. The lowest BCUT2D eigenvalue weighted by molar-refractivity contribution is -0.0327. The van der Waals surface area contributed by atoms with Crippen LogP contribution >= 0.6 is 11.8 Å². The van der Waals surface area contributed by atoms with Crippen LogP contribution in [0.25, 0.3) is 0 Å². The van der Waals surface area contributed by atoms with E-state index in [9.17, 15) is 22.8 Å². The third-order valence-electron chi connectivity index (χ3n) is 2.44. The summed E-state index contributed by atoms with van der Waals surface area (Å²) in [6.07, 6.45) is 0. The first-order valence-corrected chi connectivity index (χ1v) is 6.75. The van der Waals surface area contributed by atoms with Gasteiger partial charge < -0.3 is 10.4 Å². The molecule has 0 fully saturated rings. The number of carboxylic acid groups (broad SMARTS) is 1. The number of para-hydroxylation sites is 1. The van der Waals surface area contributed by atoms with Gasteiger partial charge in [0.15, 0.2) is 0 Å². The first-order valence-electron chi connectivity index (χ1n) is 5.77. The van der Waals surface area contributed by atoms with Gasteiger partial charge in [0.2, 0.25) is 0 Å². The van der Waals surface area contributed by atoms with Crippen LogP contribution in [0.1, 0.15) is 10.4 Å². The Morgan fingerprint density at radius 1 is 1.33 bits per heavy atom. The standard InChI is InChI=1S/C12H13F3N2O3S/c1-17(9-5-3-2-4-8(9)10(18)19)11(20)16-6-7-21-12(13,14)15/h2-5H,6-7H2,1H3,(H,16,20)(H,18,19). The van der Waals surface area contributed by atoms with E-state index in [-0.39, 0.29) is 35.3 Å². The zero-order valence-corrected chi connectivity index (χ0v) is 11.8. The number of urea groups is 1. The molecule has 0 radical (unpaired) electrons. The number of benzene rings is 1. The maximum Gasteiger partial charge on any atom is 0.441 e. The molecule has 0 saturated carbocycles. The molecule has 1 aromatic rings. The molecular weight excluding hydrogens is 309 g/mol. The Balaban J connectivity index is 2.61. The number of alkyl halides is 3. The Bertz CT molecular complexity index is 523. The molecule has 2 N–H and O–H groups in total. The number of carboxylic acids is 1. The molecule has 0 bridgehead atoms. The molecule has 0 spiro atoms. The van der Waals surface area contributed by atoms with E-state index in [1.54, 1.807) is 6.07 Å². The first kappa shape index (κ1) is 17.2. The summed E-state index contributed by atoms with van der Waals surface area (Å²) < 4.78 is 35.8. The average molecular weight is 322 g/mol. The van der Waals surface area contributed by atoms with Crippen LogP contribution in [0.15, 0.2) is 24.3 Å². The van der Waals surface area contributed by atoms with Gasteiger partial charge in [0.25, 0.3) is 0 Å². The predicted octanol–water partition coefficient (Wildman–Crippen LogP) is 2.78. The van der Waals surface area contributed by atoms with Crippen LogP contribution in [-0.4, -0.2) is 42.0 Å². The Morgan fingerprint density at radius 3 is 2.52 bits per heavy atom. The molecule has 116 valence electrons. The number of anilines is 1. The van der Waals surface area contributed by atoms with E-state index in [1.165, 1.54) is 25.2 Å². The van der Waals surface area contributed by atoms with Crippen LogP contribution in [0.2, 0.25) is 0 Å². The van der Waals surface area contributed by atoms with E-state index in [2.05, 4.69) is 5.32 Å². The summed E-state index contributed by atoms with van der Waals surface area (Å²) in [5, 5.41) is 11.3.